The van der Waals surface area contributed by atoms with Crippen LogP contribution in [0.4, 0.5) is 5.69 Å². The predicted molar refractivity (Wildman–Crippen MR) is 90.3 cm³/mol. The number of hydrogen-bond donors (Lipinski definition) is 1. The topological polar surface area (TPSA) is 24.5 Å². The summed E-state index contributed by atoms with van der Waals surface area (Å²) in [6.45, 7) is 4.34. The van der Waals surface area contributed by atoms with Crippen molar-refractivity contribution in [3.05, 3.63) is 24.3 Å². The van der Waals surface area contributed by atoms with Crippen molar-refractivity contribution in [1.82, 2.24) is 5.32 Å². The second-order valence-corrected chi connectivity index (χ2v) is 6.14. The standard InChI is InChI=1S/C18H30N2O/c1-4-19-18(15-8-6-5-7-9-15)14-20(2)16-10-12-17(21-3)13-11-16/h10-13,15,18-19H,4-9,14H2,1-3H3. The molecule has 21 heavy (non-hydrogen) atoms. The Kier molecular flexibility index (Phi) is 6.37. The van der Waals surface area contributed by atoms with Gasteiger partial charge in [0.05, 0.1) is 7.11 Å². The van der Waals surface area contributed by atoms with Crippen LogP contribution in [-0.4, -0.2) is 33.3 Å². The Hall–Kier alpha value is -1.22. The highest BCUT2D eigenvalue weighted by Gasteiger charge is 2.24. The van der Waals surface area contributed by atoms with Gasteiger partial charge in [-0.3, -0.25) is 0 Å². The summed E-state index contributed by atoms with van der Waals surface area (Å²) < 4.78 is 5.23. The number of nitrogens with one attached hydrogen (secondary N) is 1. The van der Waals surface area contributed by atoms with Gasteiger partial charge < -0.3 is 15.0 Å². The maximum absolute atomic E-state index is 5.23. The number of benzene rings is 1. The summed E-state index contributed by atoms with van der Waals surface area (Å²) in [5.74, 6) is 1.75. The zero-order chi connectivity index (χ0) is 15.1. The monoisotopic (exact) mass is 290 g/mol. The first-order valence-electron chi connectivity index (χ1n) is 8.33. The number of ether oxygens (including phenoxy) is 1. The second-order valence-electron chi connectivity index (χ2n) is 6.14. The zero-order valence-electron chi connectivity index (χ0n) is 13.8. The van der Waals surface area contributed by atoms with Crippen molar-refractivity contribution < 1.29 is 4.74 Å². The van der Waals surface area contributed by atoms with E-state index in [1.54, 1.807) is 7.11 Å². The highest BCUT2D eigenvalue weighted by molar-refractivity contribution is 5.48. The summed E-state index contributed by atoms with van der Waals surface area (Å²) in [6.07, 6.45) is 6.99. The molecule has 0 bridgehead atoms. The Morgan fingerprint density at radius 1 is 1.19 bits per heavy atom. The Balaban J connectivity index is 1.97. The summed E-state index contributed by atoms with van der Waals surface area (Å²) in [4.78, 5) is 2.36. The lowest BCUT2D eigenvalue weighted by molar-refractivity contribution is 0.273. The molecule has 1 fully saturated rings. The van der Waals surface area contributed by atoms with Crippen molar-refractivity contribution in [3.8, 4) is 5.75 Å². The van der Waals surface area contributed by atoms with E-state index in [0.717, 1.165) is 24.8 Å². The molecular weight excluding hydrogens is 260 g/mol. The van der Waals surface area contributed by atoms with Crippen LogP contribution in [0.2, 0.25) is 0 Å². The third kappa shape index (κ3) is 4.63. The molecule has 1 N–H and O–H groups in total. The van der Waals surface area contributed by atoms with Gasteiger partial charge in [-0.2, -0.15) is 0 Å². The van der Waals surface area contributed by atoms with Crippen LogP contribution in [0.15, 0.2) is 24.3 Å². The van der Waals surface area contributed by atoms with Crippen molar-refractivity contribution in [2.45, 2.75) is 45.1 Å². The van der Waals surface area contributed by atoms with E-state index in [0.29, 0.717) is 6.04 Å². The molecule has 0 heterocycles. The molecule has 3 heteroatoms. The quantitative estimate of drug-likeness (QED) is 0.829. The van der Waals surface area contributed by atoms with E-state index >= 15 is 0 Å². The van der Waals surface area contributed by atoms with Gasteiger partial charge in [-0.15, -0.1) is 0 Å². The molecule has 0 aromatic heterocycles. The SMILES string of the molecule is CCNC(CN(C)c1ccc(OC)cc1)C1CCCCC1. The lowest BCUT2D eigenvalue weighted by Crippen LogP contribution is -2.45. The van der Waals surface area contributed by atoms with Crippen molar-refractivity contribution >= 4 is 5.69 Å². The number of hydrogen-bond acceptors (Lipinski definition) is 3. The first kappa shape index (κ1) is 16.2. The first-order chi connectivity index (χ1) is 10.2. The van der Waals surface area contributed by atoms with Gasteiger partial charge in [-0.05, 0) is 49.6 Å². The molecule has 1 atom stereocenters. The van der Waals surface area contributed by atoms with Crippen LogP contribution >= 0.6 is 0 Å². The largest absolute Gasteiger partial charge is 0.497 e. The average molecular weight is 290 g/mol. The van der Waals surface area contributed by atoms with E-state index in [1.165, 1.54) is 37.8 Å². The lowest BCUT2D eigenvalue weighted by atomic mass is 9.83. The molecule has 1 aromatic carbocycles. The maximum Gasteiger partial charge on any atom is 0.119 e. The second kappa shape index (κ2) is 8.28. The number of rotatable bonds is 7. The minimum atomic E-state index is 0.599. The zero-order valence-corrected chi connectivity index (χ0v) is 13.8. The van der Waals surface area contributed by atoms with Crippen molar-refractivity contribution in [3.63, 3.8) is 0 Å². The highest BCUT2D eigenvalue weighted by Crippen LogP contribution is 2.28. The molecule has 1 aromatic rings. The first-order valence-corrected chi connectivity index (χ1v) is 8.33. The summed E-state index contributed by atoms with van der Waals surface area (Å²) in [5, 5.41) is 3.71. The van der Waals surface area contributed by atoms with E-state index < -0.39 is 0 Å². The Labute approximate surface area is 129 Å². The maximum atomic E-state index is 5.23. The molecule has 1 saturated carbocycles. The van der Waals surface area contributed by atoms with Gasteiger partial charge in [-0.1, -0.05) is 26.2 Å². The molecule has 0 amide bonds. The van der Waals surface area contributed by atoms with Crippen LogP contribution < -0.4 is 15.0 Å². The third-order valence-corrected chi connectivity index (χ3v) is 4.67. The van der Waals surface area contributed by atoms with E-state index in [2.05, 4.69) is 36.3 Å². The van der Waals surface area contributed by atoms with E-state index in [4.69, 9.17) is 4.74 Å². The predicted octanol–water partition coefficient (Wildman–Crippen LogP) is 3.69. The molecule has 0 radical (unpaired) electrons. The van der Waals surface area contributed by atoms with Crippen LogP contribution in [0.25, 0.3) is 0 Å². The molecule has 0 saturated heterocycles. The Morgan fingerprint density at radius 2 is 1.86 bits per heavy atom. The van der Waals surface area contributed by atoms with Gasteiger partial charge >= 0.3 is 0 Å². The summed E-state index contributed by atoms with van der Waals surface area (Å²) in [6, 6.07) is 8.96. The normalized spacial score (nSPS) is 17.5. The van der Waals surface area contributed by atoms with Crippen LogP contribution in [0, 0.1) is 5.92 Å². The number of methoxy groups -OCH3 is 1. The molecule has 1 unspecified atom stereocenters. The van der Waals surface area contributed by atoms with E-state index in [-0.39, 0.29) is 0 Å². The van der Waals surface area contributed by atoms with Gasteiger partial charge in [0.2, 0.25) is 0 Å². The molecule has 1 aliphatic carbocycles. The van der Waals surface area contributed by atoms with Crippen molar-refractivity contribution in [2.24, 2.45) is 5.92 Å². The van der Waals surface area contributed by atoms with Gasteiger partial charge in [-0.25, -0.2) is 0 Å². The van der Waals surface area contributed by atoms with Gasteiger partial charge in [0.1, 0.15) is 5.75 Å². The van der Waals surface area contributed by atoms with Crippen LogP contribution in [0.5, 0.6) is 5.75 Å². The minimum Gasteiger partial charge on any atom is -0.497 e. The molecule has 3 nitrogen and oxygen atoms in total. The highest BCUT2D eigenvalue weighted by atomic mass is 16.5. The smallest absolute Gasteiger partial charge is 0.119 e. The van der Waals surface area contributed by atoms with Gasteiger partial charge in [0, 0.05) is 25.3 Å². The fourth-order valence-electron chi connectivity index (χ4n) is 3.42. The number of likely N-dealkylation sites (N-methyl/N-ethyl adjacent to an activating group) is 2. The Bertz CT molecular complexity index is 398. The van der Waals surface area contributed by atoms with E-state index in [9.17, 15) is 0 Å². The van der Waals surface area contributed by atoms with Crippen molar-refractivity contribution in [2.75, 3.05) is 32.1 Å². The summed E-state index contributed by atoms with van der Waals surface area (Å²) in [5.41, 5.74) is 1.26. The van der Waals surface area contributed by atoms with Gasteiger partial charge in [0.25, 0.3) is 0 Å². The fraction of sp³-hybridized carbons (Fsp3) is 0.667. The Morgan fingerprint density at radius 3 is 2.43 bits per heavy atom. The summed E-state index contributed by atoms with van der Waals surface area (Å²) >= 11 is 0. The lowest BCUT2D eigenvalue weighted by Gasteiger charge is -2.34. The fourth-order valence-corrected chi connectivity index (χ4v) is 3.42. The minimum absolute atomic E-state index is 0.599. The molecule has 118 valence electrons. The molecular formula is C18H30N2O. The van der Waals surface area contributed by atoms with Crippen molar-refractivity contribution in [1.29, 1.82) is 0 Å². The van der Waals surface area contributed by atoms with E-state index in [1.807, 2.05) is 12.1 Å². The summed E-state index contributed by atoms with van der Waals surface area (Å²) in [7, 11) is 3.90. The molecule has 0 spiro atoms. The van der Waals surface area contributed by atoms with Crippen LogP contribution in [0.3, 0.4) is 0 Å². The third-order valence-electron chi connectivity index (χ3n) is 4.67. The number of nitrogens with zero attached hydrogens (tertiary/aromatic N) is 1. The van der Waals surface area contributed by atoms with Crippen LogP contribution in [0.1, 0.15) is 39.0 Å². The number of anilines is 1. The molecule has 2 rings (SSSR count). The molecule has 1 aliphatic rings. The van der Waals surface area contributed by atoms with Crippen LogP contribution in [-0.2, 0) is 0 Å². The average Bonchev–Trinajstić information content (AvgIpc) is 2.55. The van der Waals surface area contributed by atoms with Gasteiger partial charge in [0.15, 0.2) is 0 Å². The molecule has 0 aliphatic heterocycles.